The molecule has 0 unspecified atom stereocenters. The van der Waals surface area contributed by atoms with Crippen molar-refractivity contribution in [3.05, 3.63) is 48.5 Å². The number of carbonyl (C=O) groups is 1. The molecule has 0 spiro atoms. The molecule has 1 aliphatic heterocycles. The molecule has 116 valence electrons. The van der Waals surface area contributed by atoms with Crippen molar-refractivity contribution in [1.82, 2.24) is 14.9 Å². The minimum atomic E-state index is -0.0612. The summed E-state index contributed by atoms with van der Waals surface area (Å²) in [5, 5.41) is 2.99. The maximum absolute atomic E-state index is 12.3. The van der Waals surface area contributed by atoms with Gasteiger partial charge in [-0.2, -0.15) is 0 Å². The van der Waals surface area contributed by atoms with Crippen LogP contribution in [0, 0.1) is 5.92 Å². The minimum absolute atomic E-state index is 0.0115. The second-order valence-corrected chi connectivity index (χ2v) is 5.59. The molecule has 2 aromatic rings. The third-order valence-electron chi connectivity index (χ3n) is 4.12. The molecule has 0 saturated carbocycles. The molecule has 1 fully saturated rings. The fourth-order valence-electron chi connectivity index (χ4n) is 2.85. The van der Waals surface area contributed by atoms with E-state index in [4.69, 9.17) is 4.74 Å². The second-order valence-electron chi connectivity index (χ2n) is 5.59. The van der Waals surface area contributed by atoms with E-state index in [-0.39, 0.29) is 17.9 Å². The van der Waals surface area contributed by atoms with Crippen molar-refractivity contribution >= 4 is 5.91 Å². The molecule has 1 aromatic carbocycles. The van der Waals surface area contributed by atoms with Crippen molar-refractivity contribution in [3.63, 3.8) is 0 Å². The van der Waals surface area contributed by atoms with Crippen molar-refractivity contribution in [3.8, 4) is 5.69 Å². The average Bonchev–Trinajstić information content (AvgIpc) is 3.02. The summed E-state index contributed by atoms with van der Waals surface area (Å²) in [5.74, 6) is 0.813. The van der Waals surface area contributed by atoms with Gasteiger partial charge < -0.3 is 14.6 Å². The predicted molar refractivity (Wildman–Crippen MR) is 83.5 cm³/mol. The molecule has 22 heavy (non-hydrogen) atoms. The van der Waals surface area contributed by atoms with E-state index in [2.05, 4.69) is 10.3 Å². The van der Waals surface area contributed by atoms with Crippen LogP contribution in [0.2, 0.25) is 0 Å². The molecule has 1 aromatic heterocycles. The number of benzene rings is 1. The summed E-state index contributed by atoms with van der Waals surface area (Å²) in [6.07, 6.45) is 5.48. The number of carbonyl (C=O) groups excluding carboxylic acids is 1. The van der Waals surface area contributed by atoms with Crippen molar-refractivity contribution in [2.45, 2.75) is 32.4 Å². The quantitative estimate of drug-likeness (QED) is 0.942. The third-order valence-corrected chi connectivity index (χ3v) is 4.12. The Morgan fingerprint density at radius 3 is 3.00 bits per heavy atom. The molecule has 2 heterocycles. The Morgan fingerprint density at radius 2 is 2.23 bits per heavy atom. The topological polar surface area (TPSA) is 56.1 Å². The molecule has 1 saturated heterocycles. The summed E-state index contributed by atoms with van der Waals surface area (Å²) >= 11 is 0. The summed E-state index contributed by atoms with van der Waals surface area (Å²) in [4.78, 5) is 16.7. The lowest BCUT2D eigenvalue weighted by Crippen LogP contribution is -2.40. The van der Waals surface area contributed by atoms with Crippen LogP contribution in [0.5, 0.6) is 0 Å². The van der Waals surface area contributed by atoms with E-state index < -0.39 is 0 Å². The van der Waals surface area contributed by atoms with Crippen LogP contribution < -0.4 is 5.32 Å². The van der Waals surface area contributed by atoms with E-state index in [1.807, 2.05) is 48.0 Å². The molecule has 2 atom stereocenters. The molecule has 3 rings (SSSR count). The highest BCUT2D eigenvalue weighted by atomic mass is 16.5. The van der Waals surface area contributed by atoms with Gasteiger partial charge in [0.15, 0.2) is 0 Å². The minimum Gasteiger partial charge on any atom is -0.378 e. The number of para-hydroxylation sites is 1. The third kappa shape index (κ3) is 3.20. The zero-order valence-corrected chi connectivity index (χ0v) is 12.7. The number of hydrogen-bond acceptors (Lipinski definition) is 3. The first kappa shape index (κ1) is 14.8. The molecule has 1 amide bonds. The van der Waals surface area contributed by atoms with Gasteiger partial charge in [-0.05, 0) is 31.9 Å². The summed E-state index contributed by atoms with van der Waals surface area (Å²) in [6.45, 7) is 3.14. The smallest absolute Gasteiger partial charge is 0.226 e. The number of aromatic nitrogens is 2. The first-order valence-electron chi connectivity index (χ1n) is 7.72. The van der Waals surface area contributed by atoms with Gasteiger partial charge in [-0.25, -0.2) is 4.98 Å². The Balaban J connectivity index is 1.65. The monoisotopic (exact) mass is 299 g/mol. The maximum Gasteiger partial charge on any atom is 0.226 e. The van der Waals surface area contributed by atoms with Crippen LogP contribution in [0.3, 0.4) is 0 Å². The average molecular weight is 299 g/mol. The summed E-state index contributed by atoms with van der Waals surface area (Å²) in [5.41, 5.74) is 1.04. The summed E-state index contributed by atoms with van der Waals surface area (Å²) < 4.78 is 7.55. The maximum atomic E-state index is 12.3. The second kappa shape index (κ2) is 6.75. The lowest BCUT2D eigenvalue weighted by molar-refractivity contribution is -0.133. The van der Waals surface area contributed by atoms with Crippen LogP contribution in [-0.2, 0) is 16.1 Å². The Morgan fingerprint density at radius 1 is 1.41 bits per heavy atom. The summed E-state index contributed by atoms with van der Waals surface area (Å²) in [7, 11) is 0. The van der Waals surface area contributed by atoms with Gasteiger partial charge in [-0.1, -0.05) is 18.2 Å². The Kier molecular flexibility index (Phi) is 4.53. The van der Waals surface area contributed by atoms with Crippen LogP contribution >= 0.6 is 0 Å². The Labute approximate surface area is 130 Å². The van der Waals surface area contributed by atoms with Crippen molar-refractivity contribution < 1.29 is 9.53 Å². The van der Waals surface area contributed by atoms with Crippen molar-refractivity contribution in [1.29, 1.82) is 0 Å². The van der Waals surface area contributed by atoms with Gasteiger partial charge in [0.1, 0.15) is 5.82 Å². The number of rotatable bonds is 4. The largest absolute Gasteiger partial charge is 0.378 e. The number of nitrogens with one attached hydrogen (secondary N) is 1. The SMILES string of the molecule is C[C@H]1OCCC[C@H]1C(=O)NCc1nccn1-c1ccccc1. The highest BCUT2D eigenvalue weighted by molar-refractivity contribution is 5.79. The number of nitrogens with zero attached hydrogens (tertiary/aromatic N) is 2. The molecule has 0 aliphatic carbocycles. The van der Waals surface area contributed by atoms with E-state index >= 15 is 0 Å². The number of amides is 1. The van der Waals surface area contributed by atoms with E-state index in [9.17, 15) is 4.79 Å². The Bertz CT molecular complexity index is 624. The Hall–Kier alpha value is -2.14. The lowest BCUT2D eigenvalue weighted by atomic mass is 9.94. The fraction of sp³-hybridized carbons (Fsp3) is 0.412. The molecule has 1 N–H and O–H groups in total. The highest BCUT2D eigenvalue weighted by Crippen LogP contribution is 2.20. The standard InChI is InChI=1S/C17H21N3O2/c1-13-15(8-5-11-22-13)17(21)19-12-16-18-9-10-20(16)14-6-3-2-4-7-14/h2-4,6-7,9-10,13,15H,5,8,11-12H2,1H3,(H,19,21)/t13-,15-/m1/s1. The van der Waals surface area contributed by atoms with Crippen LogP contribution in [0.1, 0.15) is 25.6 Å². The molecule has 1 aliphatic rings. The molecule has 5 heteroatoms. The van der Waals surface area contributed by atoms with E-state index in [1.54, 1.807) is 6.20 Å². The van der Waals surface area contributed by atoms with Crippen molar-refractivity contribution in [2.24, 2.45) is 5.92 Å². The van der Waals surface area contributed by atoms with Gasteiger partial charge >= 0.3 is 0 Å². The first-order valence-corrected chi connectivity index (χ1v) is 7.72. The van der Waals surface area contributed by atoms with Gasteiger partial charge in [0, 0.05) is 24.7 Å². The van der Waals surface area contributed by atoms with Crippen LogP contribution in [0.15, 0.2) is 42.7 Å². The molecular formula is C17H21N3O2. The van der Waals surface area contributed by atoms with E-state index in [0.29, 0.717) is 6.54 Å². The molecule has 0 bridgehead atoms. The van der Waals surface area contributed by atoms with Gasteiger partial charge in [-0.3, -0.25) is 4.79 Å². The van der Waals surface area contributed by atoms with Gasteiger partial charge in [-0.15, -0.1) is 0 Å². The van der Waals surface area contributed by atoms with Crippen molar-refractivity contribution in [2.75, 3.05) is 6.61 Å². The lowest BCUT2D eigenvalue weighted by Gasteiger charge is -2.28. The van der Waals surface area contributed by atoms with Crippen LogP contribution in [0.4, 0.5) is 0 Å². The van der Waals surface area contributed by atoms with Gasteiger partial charge in [0.25, 0.3) is 0 Å². The van der Waals surface area contributed by atoms with Crippen LogP contribution in [0.25, 0.3) is 5.69 Å². The number of hydrogen-bond donors (Lipinski definition) is 1. The summed E-state index contributed by atoms with van der Waals surface area (Å²) in [6, 6.07) is 9.98. The number of ether oxygens (including phenoxy) is 1. The molecule has 0 radical (unpaired) electrons. The molecule has 5 nitrogen and oxygen atoms in total. The van der Waals surface area contributed by atoms with Gasteiger partial charge in [0.05, 0.1) is 18.6 Å². The van der Waals surface area contributed by atoms with Gasteiger partial charge in [0.2, 0.25) is 5.91 Å². The molecular weight excluding hydrogens is 278 g/mol. The normalized spacial score (nSPS) is 21.5. The zero-order valence-electron chi connectivity index (χ0n) is 12.7. The van der Waals surface area contributed by atoms with E-state index in [1.165, 1.54) is 0 Å². The van der Waals surface area contributed by atoms with E-state index in [0.717, 1.165) is 31.0 Å². The highest BCUT2D eigenvalue weighted by Gasteiger charge is 2.28. The first-order chi connectivity index (χ1) is 10.8. The fourth-order valence-corrected chi connectivity index (χ4v) is 2.85. The predicted octanol–water partition coefficient (Wildman–Crippen LogP) is 2.30. The number of imidazole rings is 1. The zero-order chi connectivity index (χ0) is 15.4. The van der Waals surface area contributed by atoms with Crippen LogP contribution in [-0.4, -0.2) is 28.2 Å².